The number of nitrogens with one attached hydrogen (secondary N) is 1. The van der Waals surface area contributed by atoms with E-state index in [2.05, 4.69) is 15.5 Å². The summed E-state index contributed by atoms with van der Waals surface area (Å²) in [4.78, 5) is 12.1. The van der Waals surface area contributed by atoms with Crippen molar-refractivity contribution >= 4 is 27.5 Å². The number of hydrogen-bond donors (Lipinski definition) is 2. The van der Waals surface area contributed by atoms with Gasteiger partial charge in [0.25, 0.3) is 5.91 Å². The second-order valence-electron chi connectivity index (χ2n) is 3.73. The third-order valence-corrected chi connectivity index (χ3v) is 3.14. The SMILES string of the molecule is Nc1nnc(NC(=O)c2cccc3c2OCCO3)s1. The summed E-state index contributed by atoms with van der Waals surface area (Å²) < 4.78 is 10.9. The molecule has 1 amide bonds. The number of aromatic nitrogens is 2. The van der Waals surface area contributed by atoms with Crippen molar-refractivity contribution in [1.82, 2.24) is 10.2 Å². The number of nitrogen functional groups attached to an aromatic ring is 1. The highest BCUT2D eigenvalue weighted by atomic mass is 32.1. The molecule has 0 saturated carbocycles. The molecule has 1 aromatic heterocycles. The number of ether oxygens (including phenoxy) is 2. The fraction of sp³-hybridized carbons (Fsp3) is 0.182. The lowest BCUT2D eigenvalue weighted by Gasteiger charge is -2.20. The quantitative estimate of drug-likeness (QED) is 0.854. The normalized spacial score (nSPS) is 13.1. The van der Waals surface area contributed by atoms with Gasteiger partial charge in [-0.15, -0.1) is 10.2 Å². The van der Waals surface area contributed by atoms with E-state index in [1.807, 2.05) is 0 Å². The predicted octanol–water partition coefficient (Wildman–Crippen LogP) is 1.14. The Hall–Kier alpha value is -2.35. The van der Waals surface area contributed by atoms with E-state index in [0.29, 0.717) is 40.5 Å². The molecule has 98 valence electrons. The number of carbonyl (C=O) groups excluding carboxylic acids is 1. The molecule has 7 nitrogen and oxygen atoms in total. The molecular weight excluding hydrogens is 268 g/mol. The van der Waals surface area contributed by atoms with Crippen molar-refractivity contribution in [2.75, 3.05) is 24.3 Å². The zero-order chi connectivity index (χ0) is 13.2. The highest BCUT2D eigenvalue weighted by molar-refractivity contribution is 7.19. The van der Waals surface area contributed by atoms with Gasteiger partial charge >= 0.3 is 0 Å². The number of carbonyl (C=O) groups is 1. The smallest absolute Gasteiger partial charge is 0.261 e. The molecule has 0 bridgehead atoms. The van der Waals surface area contributed by atoms with Crippen molar-refractivity contribution in [3.8, 4) is 11.5 Å². The Morgan fingerprint density at radius 2 is 2.16 bits per heavy atom. The lowest BCUT2D eigenvalue weighted by Crippen LogP contribution is -2.20. The van der Waals surface area contributed by atoms with Crippen molar-refractivity contribution in [3.63, 3.8) is 0 Å². The van der Waals surface area contributed by atoms with E-state index < -0.39 is 0 Å². The van der Waals surface area contributed by atoms with Crippen LogP contribution in [0.4, 0.5) is 10.3 Å². The summed E-state index contributed by atoms with van der Waals surface area (Å²) in [5.74, 6) is 0.679. The number of nitrogens with two attached hydrogens (primary N) is 1. The summed E-state index contributed by atoms with van der Waals surface area (Å²) in [5.41, 5.74) is 5.85. The first-order chi connectivity index (χ1) is 9.24. The van der Waals surface area contributed by atoms with Crippen LogP contribution in [0.5, 0.6) is 11.5 Å². The Morgan fingerprint density at radius 3 is 2.95 bits per heavy atom. The van der Waals surface area contributed by atoms with Crippen molar-refractivity contribution in [2.45, 2.75) is 0 Å². The molecule has 0 spiro atoms. The summed E-state index contributed by atoms with van der Waals surface area (Å²) in [5, 5.41) is 10.6. The zero-order valence-corrected chi connectivity index (χ0v) is 10.6. The summed E-state index contributed by atoms with van der Waals surface area (Å²) in [6, 6.07) is 5.15. The lowest BCUT2D eigenvalue weighted by atomic mass is 10.1. The molecule has 8 heteroatoms. The minimum absolute atomic E-state index is 0.296. The Balaban J connectivity index is 1.87. The highest BCUT2D eigenvalue weighted by Crippen LogP contribution is 2.34. The Labute approximate surface area is 112 Å². The van der Waals surface area contributed by atoms with Crippen molar-refractivity contribution in [1.29, 1.82) is 0 Å². The van der Waals surface area contributed by atoms with E-state index in [1.165, 1.54) is 0 Å². The molecule has 1 aromatic carbocycles. The molecule has 1 aliphatic rings. The zero-order valence-electron chi connectivity index (χ0n) is 9.75. The van der Waals surface area contributed by atoms with Crippen LogP contribution >= 0.6 is 11.3 Å². The summed E-state index contributed by atoms with van der Waals surface area (Å²) in [6.07, 6.45) is 0. The first-order valence-corrected chi connectivity index (χ1v) is 6.34. The van der Waals surface area contributed by atoms with E-state index in [0.717, 1.165) is 11.3 Å². The van der Waals surface area contributed by atoms with Crippen molar-refractivity contribution < 1.29 is 14.3 Å². The van der Waals surface area contributed by atoms with Gasteiger partial charge in [-0.2, -0.15) is 0 Å². The number of anilines is 2. The molecule has 2 aromatic rings. The molecule has 0 unspecified atom stereocenters. The molecule has 0 atom stereocenters. The van der Waals surface area contributed by atoms with Crippen LogP contribution in [0.2, 0.25) is 0 Å². The lowest BCUT2D eigenvalue weighted by molar-refractivity contribution is 0.101. The van der Waals surface area contributed by atoms with Crippen LogP contribution in [0.25, 0.3) is 0 Å². The number of amides is 1. The third kappa shape index (κ3) is 2.29. The molecular formula is C11H10N4O3S. The Morgan fingerprint density at radius 1 is 1.32 bits per heavy atom. The Kier molecular flexibility index (Phi) is 2.92. The van der Waals surface area contributed by atoms with Crippen LogP contribution in [0, 0.1) is 0 Å². The molecule has 0 fully saturated rings. The molecule has 0 saturated heterocycles. The van der Waals surface area contributed by atoms with Crippen LogP contribution in [0.3, 0.4) is 0 Å². The molecule has 3 rings (SSSR count). The Bertz CT molecular complexity index is 628. The van der Waals surface area contributed by atoms with Gasteiger partial charge < -0.3 is 15.2 Å². The molecule has 19 heavy (non-hydrogen) atoms. The first kappa shape index (κ1) is 11.7. The summed E-state index contributed by atoms with van der Waals surface area (Å²) in [6.45, 7) is 0.897. The van der Waals surface area contributed by atoms with Crippen molar-refractivity contribution in [2.24, 2.45) is 0 Å². The summed E-state index contributed by atoms with van der Waals surface area (Å²) >= 11 is 1.10. The van der Waals surface area contributed by atoms with Gasteiger partial charge in [-0.3, -0.25) is 10.1 Å². The minimum Gasteiger partial charge on any atom is -0.486 e. The van der Waals surface area contributed by atoms with Gasteiger partial charge in [0.05, 0.1) is 5.56 Å². The maximum Gasteiger partial charge on any atom is 0.261 e. The number of benzene rings is 1. The van der Waals surface area contributed by atoms with Gasteiger partial charge in [-0.05, 0) is 12.1 Å². The van der Waals surface area contributed by atoms with E-state index in [9.17, 15) is 4.79 Å². The minimum atomic E-state index is -0.335. The maximum absolute atomic E-state index is 12.1. The molecule has 1 aliphatic heterocycles. The van der Waals surface area contributed by atoms with Crippen LogP contribution in [0.1, 0.15) is 10.4 Å². The molecule has 0 aliphatic carbocycles. The average Bonchev–Trinajstić information content (AvgIpc) is 2.83. The van der Waals surface area contributed by atoms with Crippen LogP contribution in [-0.4, -0.2) is 29.3 Å². The molecule has 2 heterocycles. The largest absolute Gasteiger partial charge is 0.486 e. The number of nitrogens with zero attached hydrogens (tertiary/aromatic N) is 2. The van der Waals surface area contributed by atoms with Gasteiger partial charge in [0.15, 0.2) is 11.5 Å². The standard InChI is InChI=1S/C11H10N4O3S/c12-10-14-15-11(19-10)13-9(16)6-2-1-3-7-8(6)18-5-4-17-7/h1-3H,4-5H2,(H2,12,14)(H,13,15,16). The fourth-order valence-corrected chi connectivity index (χ4v) is 2.21. The number of para-hydroxylation sites is 1. The maximum atomic E-state index is 12.1. The fourth-order valence-electron chi connectivity index (χ4n) is 1.70. The third-order valence-electron chi connectivity index (χ3n) is 2.47. The second kappa shape index (κ2) is 4.73. The summed E-state index contributed by atoms with van der Waals surface area (Å²) in [7, 11) is 0. The van der Waals surface area contributed by atoms with E-state index >= 15 is 0 Å². The van der Waals surface area contributed by atoms with Gasteiger partial charge in [0, 0.05) is 0 Å². The van der Waals surface area contributed by atoms with Crippen LogP contribution in [-0.2, 0) is 0 Å². The second-order valence-corrected chi connectivity index (χ2v) is 4.74. The molecule has 3 N–H and O–H groups in total. The van der Waals surface area contributed by atoms with E-state index in [1.54, 1.807) is 18.2 Å². The topological polar surface area (TPSA) is 99.4 Å². The van der Waals surface area contributed by atoms with Crippen molar-refractivity contribution in [3.05, 3.63) is 23.8 Å². The number of hydrogen-bond acceptors (Lipinski definition) is 7. The number of rotatable bonds is 2. The predicted molar refractivity (Wildman–Crippen MR) is 69.7 cm³/mol. The average molecular weight is 278 g/mol. The van der Waals surface area contributed by atoms with Gasteiger partial charge in [0.1, 0.15) is 13.2 Å². The highest BCUT2D eigenvalue weighted by Gasteiger charge is 2.21. The molecule has 0 radical (unpaired) electrons. The van der Waals surface area contributed by atoms with Gasteiger partial charge in [-0.25, -0.2) is 0 Å². The van der Waals surface area contributed by atoms with Gasteiger partial charge in [-0.1, -0.05) is 17.4 Å². The monoisotopic (exact) mass is 278 g/mol. The number of fused-ring (bicyclic) bond motifs is 1. The van der Waals surface area contributed by atoms with E-state index in [4.69, 9.17) is 15.2 Å². The van der Waals surface area contributed by atoms with Crippen LogP contribution in [0.15, 0.2) is 18.2 Å². The first-order valence-electron chi connectivity index (χ1n) is 5.53. The van der Waals surface area contributed by atoms with Gasteiger partial charge in [0.2, 0.25) is 10.3 Å². The van der Waals surface area contributed by atoms with Crippen LogP contribution < -0.4 is 20.5 Å². The van der Waals surface area contributed by atoms with E-state index in [-0.39, 0.29) is 5.91 Å².